The average molecular weight is 418 g/mol. The van der Waals surface area contributed by atoms with Gasteiger partial charge in [0.05, 0.1) is 17.1 Å². The van der Waals surface area contributed by atoms with E-state index in [2.05, 4.69) is 31.7 Å². The molecule has 0 saturated carbocycles. The lowest BCUT2D eigenvalue weighted by atomic mass is 9.97. The van der Waals surface area contributed by atoms with Crippen LogP contribution in [0, 0.1) is 18.3 Å². The summed E-state index contributed by atoms with van der Waals surface area (Å²) in [5.74, 6) is 1.22. The Labute approximate surface area is 184 Å². The van der Waals surface area contributed by atoms with Gasteiger partial charge in [0.15, 0.2) is 0 Å². The van der Waals surface area contributed by atoms with Gasteiger partial charge in [0.25, 0.3) is 0 Å². The molecule has 0 spiro atoms. The number of aryl methyl sites for hydroxylation is 1. The SMILES string of the molecule is Cc1cc(OCc2ccc(-c3ccccc3)c(-c3nn[nH]n3)c2)c2cc(C#N)ccc2n1. The monoisotopic (exact) mass is 418 g/mol. The standard InChI is InChI=1S/C25H18N6O/c1-16-11-24(22-12-17(14-26)8-10-23(22)27-16)32-15-18-7-9-20(19-5-3-2-4-6-19)21(13-18)25-28-30-31-29-25/h2-13H,15H2,1H3,(H,28,29,30,31). The lowest BCUT2D eigenvalue weighted by Crippen LogP contribution is -1.99. The summed E-state index contributed by atoms with van der Waals surface area (Å²) in [4.78, 5) is 4.54. The number of fused-ring (bicyclic) bond motifs is 1. The van der Waals surface area contributed by atoms with Crippen molar-refractivity contribution >= 4 is 10.9 Å². The van der Waals surface area contributed by atoms with Gasteiger partial charge in [0.2, 0.25) is 5.82 Å². The summed E-state index contributed by atoms with van der Waals surface area (Å²) in [5, 5.41) is 24.7. The van der Waals surface area contributed by atoms with Gasteiger partial charge in [-0.2, -0.15) is 10.5 Å². The average Bonchev–Trinajstić information content (AvgIpc) is 3.37. The molecule has 2 aromatic heterocycles. The van der Waals surface area contributed by atoms with E-state index < -0.39 is 0 Å². The second-order valence-electron chi connectivity index (χ2n) is 7.38. The van der Waals surface area contributed by atoms with Crippen LogP contribution in [0.4, 0.5) is 0 Å². The van der Waals surface area contributed by atoms with Gasteiger partial charge in [0, 0.05) is 22.7 Å². The van der Waals surface area contributed by atoms with E-state index >= 15 is 0 Å². The van der Waals surface area contributed by atoms with Gasteiger partial charge in [-0.15, -0.1) is 10.2 Å². The number of aromatic nitrogens is 5. The molecule has 0 aliphatic rings. The number of tetrazole rings is 1. The van der Waals surface area contributed by atoms with Crippen LogP contribution in [0.15, 0.2) is 72.8 Å². The van der Waals surface area contributed by atoms with E-state index in [1.165, 1.54) is 0 Å². The molecule has 2 heterocycles. The molecule has 32 heavy (non-hydrogen) atoms. The number of hydrogen-bond acceptors (Lipinski definition) is 6. The van der Waals surface area contributed by atoms with Crippen molar-refractivity contribution in [1.82, 2.24) is 25.6 Å². The summed E-state index contributed by atoms with van der Waals surface area (Å²) < 4.78 is 6.19. The molecule has 3 aromatic carbocycles. The Kier molecular flexibility index (Phi) is 5.02. The molecule has 154 valence electrons. The Balaban J connectivity index is 1.51. The van der Waals surface area contributed by atoms with Gasteiger partial charge in [-0.25, -0.2) is 0 Å². The fourth-order valence-electron chi connectivity index (χ4n) is 3.68. The zero-order valence-corrected chi connectivity index (χ0v) is 17.3. The van der Waals surface area contributed by atoms with Crippen molar-refractivity contribution in [3.05, 3.63) is 89.6 Å². The molecule has 0 bridgehead atoms. The van der Waals surface area contributed by atoms with E-state index in [0.717, 1.165) is 38.9 Å². The van der Waals surface area contributed by atoms with Crippen molar-refractivity contribution in [2.75, 3.05) is 0 Å². The van der Waals surface area contributed by atoms with Crippen LogP contribution in [0.25, 0.3) is 33.4 Å². The number of nitrogens with one attached hydrogen (secondary N) is 1. The highest BCUT2D eigenvalue weighted by Crippen LogP contribution is 2.32. The molecule has 0 saturated heterocycles. The predicted octanol–water partition coefficient (Wildman–Crippen LogP) is 4.84. The summed E-state index contributed by atoms with van der Waals surface area (Å²) in [6, 6.07) is 25.7. The first-order chi connectivity index (χ1) is 15.7. The van der Waals surface area contributed by atoms with Crippen molar-refractivity contribution in [1.29, 1.82) is 5.26 Å². The van der Waals surface area contributed by atoms with Crippen LogP contribution in [-0.2, 0) is 6.61 Å². The Morgan fingerprint density at radius 2 is 1.84 bits per heavy atom. The second kappa shape index (κ2) is 8.28. The third-order valence-corrected chi connectivity index (χ3v) is 5.18. The first-order valence-electron chi connectivity index (χ1n) is 10.1. The second-order valence-corrected chi connectivity index (χ2v) is 7.38. The molecule has 7 heteroatoms. The van der Waals surface area contributed by atoms with Crippen LogP contribution in [0.3, 0.4) is 0 Å². The molecular formula is C25H18N6O. The number of ether oxygens (including phenoxy) is 1. The highest BCUT2D eigenvalue weighted by Gasteiger charge is 2.13. The molecular weight excluding hydrogens is 400 g/mol. The first kappa shape index (κ1) is 19.4. The van der Waals surface area contributed by atoms with Gasteiger partial charge in [0.1, 0.15) is 12.4 Å². The quantitative estimate of drug-likeness (QED) is 0.438. The number of rotatable bonds is 5. The van der Waals surface area contributed by atoms with Gasteiger partial charge in [-0.3, -0.25) is 4.98 Å². The number of H-pyrrole nitrogens is 1. The van der Waals surface area contributed by atoms with Crippen molar-refractivity contribution in [2.24, 2.45) is 0 Å². The lowest BCUT2D eigenvalue weighted by Gasteiger charge is -2.13. The molecule has 0 atom stereocenters. The summed E-state index contributed by atoms with van der Waals surface area (Å²) >= 11 is 0. The van der Waals surface area contributed by atoms with Gasteiger partial charge >= 0.3 is 0 Å². The Bertz CT molecular complexity index is 1440. The molecule has 5 rings (SSSR count). The summed E-state index contributed by atoms with van der Waals surface area (Å²) in [7, 11) is 0. The summed E-state index contributed by atoms with van der Waals surface area (Å²) in [6.45, 7) is 2.27. The third-order valence-electron chi connectivity index (χ3n) is 5.18. The van der Waals surface area contributed by atoms with Crippen LogP contribution in [0.2, 0.25) is 0 Å². The minimum atomic E-state index is 0.343. The molecule has 0 fully saturated rings. The highest BCUT2D eigenvalue weighted by molar-refractivity contribution is 5.86. The van der Waals surface area contributed by atoms with E-state index in [1.807, 2.05) is 67.6 Å². The zero-order valence-electron chi connectivity index (χ0n) is 17.3. The van der Waals surface area contributed by atoms with Crippen molar-refractivity contribution in [2.45, 2.75) is 13.5 Å². The Morgan fingerprint density at radius 1 is 0.969 bits per heavy atom. The number of nitriles is 1. The van der Waals surface area contributed by atoms with Crippen LogP contribution in [0.1, 0.15) is 16.8 Å². The molecule has 0 unspecified atom stereocenters. The maximum absolute atomic E-state index is 9.26. The Morgan fingerprint density at radius 3 is 2.62 bits per heavy atom. The van der Waals surface area contributed by atoms with E-state index in [0.29, 0.717) is 23.7 Å². The molecule has 0 aliphatic carbocycles. The van der Waals surface area contributed by atoms with E-state index in [-0.39, 0.29) is 0 Å². The highest BCUT2D eigenvalue weighted by atomic mass is 16.5. The number of aromatic amines is 1. The number of benzene rings is 3. The summed E-state index contributed by atoms with van der Waals surface area (Å²) in [5.41, 5.74) is 6.13. The van der Waals surface area contributed by atoms with Crippen LogP contribution in [0.5, 0.6) is 5.75 Å². The molecule has 0 radical (unpaired) electrons. The molecule has 0 amide bonds. The minimum absolute atomic E-state index is 0.343. The number of hydrogen-bond donors (Lipinski definition) is 1. The number of pyridine rings is 1. The van der Waals surface area contributed by atoms with Crippen LogP contribution in [-0.4, -0.2) is 25.6 Å². The van der Waals surface area contributed by atoms with Crippen LogP contribution >= 0.6 is 0 Å². The van der Waals surface area contributed by atoms with Crippen LogP contribution < -0.4 is 4.74 Å². The third kappa shape index (κ3) is 3.77. The van der Waals surface area contributed by atoms with Gasteiger partial charge < -0.3 is 4.74 Å². The van der Waals surface area contributed by atoms with E-state index in [4.69, 9.17) is 4.74 Å². The van der Waals surface area contributed by atoms with Crippen molar-refractivity contribution in [3.63, 3.8) is 0 Å². The van der Waals surface area contributed by atoms with Crippen molar-refractivity contribution in [3.8, 4) is 34.3 Å². The maximum atomic E-state index is 9.26. The normalized spacial score (nSPS) is 10.8. The molecule has 5 aromatic rings. The fraction of sp³-hybridized carbons (Fsp3) is 0.0800. The smallest absolute Gasteiger partial charge is 0.205 e. The topological polar surface area (TPSA) is 100 Å². The largest absolute Gasteiger partial charge is 0.488 e. The molecule has 0 aliphatic heterocycles. The predicted molar refractivity (Wildman–Crippen MR) is 121 cm³/mol. The number of nitrogens with zero attached hydrogens (tertiary/aromatic N) is 5. The molecule has 1 N–H and O–H groups in total. The lowest BCUT2D eigenvalue weighted by molar-refractivity contribution is 0.309. The fourth-order valence-corrected chi connectivity index (χ4v) is 3.68. The Hall–Kier alpha value is -4.57. The minimum Gasteiger partial charge on any atom is -0.488 e. The maximum Gasteiger partial charge on any atom is 0.205 e. The van der Waals surface area contributed by atoms with Gasteiger partial charge in [-0.05, 0) is 53.1 Å². The first-order valence-corrected chi connectivity index (χ1v) is 10.1. The van der Waals surface area contributed by atoms with Crippen molar-refractivity contribution < 1.29 is 4.74 Å². The zero-order chi connectivity index (χ0) is 21.9. The molecule has 7 nitrogen and oxygen atoms in total. The van der Waals surface area contributed by atoms with E-state index in [9.17, 15) is 5.26 Å². The summed E-state index contributed by atoms with van der Waals surface area (Å²) in [6.07, 6.45) is 0. The van der Waals surface area contributed by atoms with Gasteiger partial charge in [-0.1, -0.05) is 42.5 Å². The van der Waals surface area contributed by atoms with E-state index in [1.54, 1.807) is 12.1 Å².